The minimum atomic E-state index is 0.627. The largest absolute Gasteiger partial charge is 0.347 e. The second kappa shape index (κ2) is 6.32. The summed E-state index contributed by atoms with van der Waals surface area (Å²) in [6, 6.07) is 10.9. The van der Waals surface area contributed by atoms with Crippen LogP contribution in [0.25, 0.3) is 22.0 Å². The van der Waals surface area contributed by atoms with E-state index in [0.29, 0.717) is 5.92 Å². The van der Waals surface area contributed by atoms with Gasteiger partial charge in [-0.05, 0) is 47.9 Å². The lowest BCUT2D eigenvalue weighted by Crippen LogP contribution is -2.05. The molecule has 0 radical (unpaired) electrons. The van der Waals surface area contributed by atoms with Crippen LogP contribution >= 0.6 is 0 Å². The molecule has 0 aliphatic carbocycles. The summed E-state index contributed by atoms with van der Waals surface area (Å²) in [5.41, 5.74) is 5.13. The molecule has 114 valence electrons. The summed E-state index contributed by atoms with van der Waals surface area (Å²) in [5.74, 6) is 0.627. The van der Waals surface area contributed by atoms with E-state index in [1.54, 1.807) is 0 Å². The molecular formula is C19H23N3. The van der Waals surface area contributed by atoms with Gasteiger partial charge < -0.3 is 9.88 Å². The predicted octanol–water partition coefficient (Wildman–Crippen LogP) is 4.08. The number of hydrogen-bond acceptors (Lipinski definition) is 2. The van der Waals surface area contributed by atoms with Crippen LogP contribution in [0.2, 0.25) is 0 Å². The van der Waals surface area contributed by atoms with Crippen molar-refractivity contribution in [2.24, 2.45) is 5.92 Å². The Hall–Kier alpha value is -2.13. The van der Waals surface area contributed by atoms with E-state index in [2.05, 4.69) is 65.2 Å². The molecule has 22 heavy (non-hydrogen) atoms. The van der Waals surface area contributed by atoms with E-state index in [1.165, 1.54) is 27.6 Å². The molecule has 0 bridgehead atoms. The fourth-order valence-corrected chi connectivity index (χ4v) is 2.97. The molecule has 1 aromatic carbocycles. The summed E-state index contributed by atoms with van der Waals surface area (Å²) in [6.07, 6.45) is 5.98. The molecule has 0 aliphatic rings. The average Bonchev–Trinajstić information content (AvgIpc) is 2.85. The van der Waals surface area contributed by atoms with Gasteiger partial charge in [-0.2, -0.15) is 0 Å². The number of aromatic nitrogens is 2. The quantitative estimate of drug-likeness (QED) is 0.768. The highest BCUT2D eigenvalue weighted by molar-refractivity contribution is 5.88. The lowest BCUT2D eigenvalue weighted by atomic mass is 10.0. The Morgan fingerprint density at radius 1 is 1.09 bits per heavy atom. The Labute approximate surface area is 132 Å². The first-order valence-electron chi connectivity index (χ1n) is 7.86. The highest BCUT2D eigenvalue weighted by atomic mass is 15.0. The van der Waals surface area contributed by atoms with Gasteiger partial charge in [-0.25, -0.2) is 0 Å². The first-order chi connectivity index (χ1) is 10.7. The topological polar surface area (TPSA) is 29.9 Å². The van der Waals surface area contributed by atoms with Crippen molar-refractivity contribution in [1.29, 1.82) is 0 Å². The average molecular weight is 293 g/mol. The minimum absolute atomic E-state index is 0.627. The molecule has 0 amide bonds. The van der Waals surface area contributed by atoms with Gasteiger partial charge in [0.2, 0.25) is 0 Å². The third-order valence-corrected chi connectivity index (χ3v) is 3.91. The third kappa shape index (κ3) is 2.90. The van der Waals surface area contributed by atoms with E-state index < -0.39 is 0 Å². The molecule has 0 spiro atoms. The normalized spacial score (nSPS) is 11.5. The molecule has 3 rings (SSSR count). The molecule has 1 N–H and O–H groups in total. The molecule has 0 saturated heterocycles. The van der Waals surface area contributed by atoms with Gasteiger partial charge >= 0.3 is 0 Å². The first-order valence-corrected chi connectivity index (χ1v) is 7.86. The predicted molar refractivity (Wildman–Crippen MR) is 92.8 cm³/mol. The van der Waals surface area contributed by atoms with Gasteiger partial charge in [-0.15, -0.1) is 0 Å². The van der Waals surface area contributed by atoms with Gasteiger partial charge in [-0.1, -0.05) is 26.0 Å². The van der Waals surface area contributed by atoms with Crippen LogP contribution in [0.15, 0.2) is 48.9 Å². The Morgan fingerprint density at radius 2 is 1.86 bits per heavy atom. The van der Waals surface area contributed by atoms with Gasteiger partial charge in [0, 0.05) is 42.6 Å². The zero-order chi connectivity index (χ0) is 15.5. The maximum absolute atomic E-state index is 4.11. The smallest absolute Gasteiger partial charge is 0.0489 e. The van der Waals surface area contributed by atoms with Crippen molar-refractivity contribution < 1.29 is 0 Å². The van der Waals surface area contributed by atoms with E-state index in [0.717, 1.165) is 13.1 Å². The molecule has 0 unspecified atom stereocenters. The first kappa shape index (κ1) is 14.8. The number of hydrogen-bond donors (Lipinski definition) is 1. The van der Waals surface area contributed by atoms with Crippen molar-refractivity contribution in [2.45, 2.75) is 26.9 Å². The lowest BCUT2D eigenvalue weighted by Gasteiger charge is -2.09. The molecule has 3 nitrogen and oxygen atoms in total. The monoisotopic (exact) mass is 293 g/mol. The fourth-order valence-electron chi connectivity index (χ4n) is 2.97. The van der Waals surface area contributed by atoms with Gasteiger partial charge in [0.25, 0.3) is 0 Å². The lowest BCUT2D eigenvalue weighted by molar-refractivity contribution is 0.534. The highest BCUT2D eigenvalue weighted by Crippen LogP contribution is 2.28. The summed E-state index contributed by atoms with van der Waals surface area (Å²) in [7, 11) is 2.00. The van der Waals surface area contributed by atoms with Crippen LogP contribution in [-0.2, 0) is 13.1 Å². The number of rotatable bonds is 5. The number of fused-ring (bicyclic) bond motifs is 1. The minimum Gasteiger partial charge on any atom is -0.347 e. The number of benzene rings is 1. The molecular weight excluding hydrogens is 270 g/mol. The van der Waals surface area contributed by atoms with Gasteiger partial charge in [-0.3, -0.25) is 4.98 Å². The van der Waals surface area contributed by atoms with Crippen LogP contribution in [0.1, 0.15) is 19.4 Å². The number of nitrogens with zero attached hydrogens (tertiary/aromatic N) is 2. The highest BCUT2D eigenvalue weighted by Gasteiger charge is 2.10. The maximum atomic E-state index is 4.11. The van der Waals surface area contributed by atoms with Crippen molar-refractivity contribution in [3.63, 3.8) is 0 Å². The van der Waals surface area contributed by atoms with Crippen LogP contribution in [-0.4, -0.2) is 16.6 Å². The van der Waals surface area contributed by atoms with Crippen molar-refractivity contribution in [3.05, 3.63) is 54.5 Å². The molecule has 2 heterocycles. The Bertz CT molecular complexity index is 757. The maximum Gasteiger partial charge on any atom is 0.0489 e. The van der Waals surface area contributed by atoms with Crippen LogP contribution in [0.3, 0.4) is 0 Å². The molecule has 3 heteroatoms. The van der Waals surface area contributed by atoms with Crippen LogP contribution in [0.5, 0.6) is 0 Å². The molecule has 0 saturated carbocycles. The second-order valence-corrected chi connectivity index (χ2v) is 6.20. The van der Waals surface area contributed by atoms with E-state index >= 15 is 0 Å². The van der Waals surface area contributed by atoms with Crippen LogP contribution in [0.4, 0.5) is 0 Å². The van der Waals surface area contributed by atoms with Gasteiger partial charge in [0.15, 0.2) is 0 Å². The summed E-state index contributed by atoms with van der Waals surface area (Å²) in [6.45, 7) is 6.46. The zero-order valence-electron chi connectivity index (χ0n) is 13.5. The van der Waals surface area contributed by atoms with Crippen molar-refractivity contribution in [3.8, 4) is 11.1 Å². The SMILES string of the molecule is CNCc1cn(CC(C)C)c2cc(-c3ccncc3)ccc12. The Morgan fingerprint density at radius 3 is 2.55 bits per heavy atom. The number of nitrogens with one attached hydrogen (secondary N) is 1. The second-order valence-electron chi connectivity index (χ2n) is 6.20. The molecule has 2 aromatic heterocycles. The third-order valence-electron chi connectivity index (χ3n) is 3.91. The summed E-state index contributed by atoms with van der Waals surface area (Å²) in [5, 5.41) is 4.61. The summed E-state index contributed by atoms with van der Waals surface area (Å²) >= 11 is 0. The van der Waals surface area contributed by atoms with Crippen LogP contribution in [0, 0.1) is 5.92 Å². The van der Waals surface area contributed by atoms with Crippen molar-refractivity contribution in [2.75, 3.05) is 7.05 Å². The molecule has 0 atom stereocenters. The standard InChI is InChI=1S/C19H23N3/c1-14(2)12-22-13-17(11-20-3)18-5-4-16(10-19(18)22)15-6-8-21-9-7-15/h4-10,13-14,20H,11-12H2,1-3H3. The summed E-state index contributed by atoms with van der Waals surface area (Å²) in [4.78, 5) is 4.11. The van der Waals surface area contributed by atoms with Gasteiger partial charge in [0.1, 0.15) is 0 Å². The zero-order valence-corrected chi connectivity index (χ0v) is 13.5. The Balaban J connectivity index is 2.12. The van der Waals surface area contributed by atoms with Crippen molar-refractivity contribution >= 4 is 10.9 Å². The van der Waals surface area contributed by atoms with Crippen molar-refractivity contribution in [1.82, 2.24) is 14.9 Å². The Kier molecular flexibility index (Phi) is 4.25. The van der Waals surface area contributed by atoms with E-state index in [9.17, 15) is 0 Å². The van der Waals surface area contributed by atoms with E-state index in [1.807, 2.05) is 19.4 Å². The molecule has 0 aliphatic heterocycles. The number of pyridine rings is 1. The molecule has 3 aromatic rings. The van der Waals surface area contributed by atoms with E-state index in [-0.39, 0.29) is 0 Å². The summed E-state index contributed by atoms with van der Waals surface area (Å²) < 4.78 is 2.39. The molecule has 0 fully saturated rings. The van der Waals surface area contributed by atoms with Gasteiger partial charge in [0.05, 0.1) is 0 Å². The fraction of sp³-hybridized carbons (Fsp3) is 0.316. The van der Waals surface area contributed by atoms with Crippen LogP contribution < -0.4 is 5.32 Å². The van der Waals surface area contributed by atoms with E-state index in [4.69, 9.17) is 0 Å².